The van der Waals surface area contributed by atoms with Gasteiger partial charge < -0.3 is 43.4 Å². The van der Waals surface area contributed by atoms with E-state index >= 15 is 0 Å². The van der Waals surface area contributed by atoms with Gasteiger partial charge in [0.25, 0.3) is 11.1 Å². The van der Waals surface area contributed by atoms with Gasteiger partial charge in [-0.05, 0) is 275 Å². The quantitative estimate of drug-likeness (QED) is 0.0194. The predicted molar refractivity (Wildman–Crippen MR) is 479 cm³/mol. The van der Waals surface area contributed by atoms with Gasteiger partial charge >= 0.3 is 18.1 Å². The average Bonchev–Trinajstić information content (AvgIpc) is 1.66. The molecule has 0 bridgehead atoms. The predicted octanol–water partition coefficient (Wildman–Crippen LogP) is 23.7. The minimum absolute atomic E-state index is 0.00307. The van der Waals surface area contributed by atoms with Crippen LogP contribution in [0, 0.1) is 0 Å². The molecule has 3 N–H and O–H groups in total. The second kappa shape index (κ2) is 46.9. The number of carbonyl (C=O) groups is 3. The number of hydrogen-bond donors (Lipinski definition) is 3. The summed E-state index contributed by atoms with van der Waals surface area (Å²) in [5, 5.41) is 30.4. The molecular formula is C101H132N4O12. The lowest BCUT2D eigenvalue weighted by Gasteiger charge is -2.35. The molecule has 0 spiro atoms. The van der Waals surface area contributed by atoms with E-state index in [9.17, 15) is 29.1 Å². The highest BCUT2D eigenvalue weighted by Crippen LogP contribution is 2.43. The first-order valence-corrected chi connectivity index (χ1v) is 42.2. The number of nitrogens with zero attached hydrogens (tertiary/aromatic N) is 4. The van der Waals surface area contributed by atoms with E-state index in [0.717, 1.165) is 147 Å². The molecule has 0 amide bonds. The second-order valence-corrected chi connectivity index (χ2v) is 32.7. The van der Waals surface area contributed by atoms with Crippen LogP contribution >= 0.6 is 0 Å². The number of fused-ring (bicyclic) bond motifs is 10. The Morgan fingerprint density at radius 2 is 0.752 bits per heavy atom. The number of esters is 2. The van der Waals surface area contributed by atoms with Crippen LogP contribution in [0.4, 0.5) is 4.79 Å². The van der Waals surface area contributed by atoms with Crippen LogP contribution in [-0.4, -0.2) is 72.3 Å². The molecule has 0 radical (unpaired) electrons. The van der Waals surface area contributed by atoms with Gasteiger partial charge in [-0.2, -0.15) is 0 Å². The summed E-state index contributed by atoms with van der Waals surface area (Å²) in [5.74, 6) is -1.43. The molecule has 16 heteroatoms. The Kier molecular flexibility index (Phi) is 37.8. The first-order chi connectivity index (χ1) is 55.9. The van der Waals surface area contributed by atoms with Crippen molar-refractivity contribution in [2.75, 3.05) is 19.8 Å². The molecule has 2 aromatic carbocycles. The zero-order valence-electron chi connectivity index (χ0n) is 73.3. The summed E-state index contributed by atoms with van der Waals surface area (Å²) in [7, 11) is 0. The standard InChI is InChI=1S/C41H48N2O6.C20H16N2O4.2C20H34O/c1-7-41(49-40(46)47-22-21-30(6)18-12-17-29(5)16-11-15-28(4)14-10-13-27(2)3)34-24-36-37-32(23-31-19-8-9-20-35(31)42-37)25-43(36)38(44)33(34)26-48-39(41)45;1-2-20(25)14-8-16-17-12(7-11-5-3-4-6-15(11)21-17)9-22(16)18(23)13(14)10-26-19(20)24;2*1-17(2)9-6-10-18(3)11-7-12-19(4)13-8-14-20(5)15-16-21/h8-9,13,15,17,19-21,23-24H,7,10-12,14,16,18,22,25-26H2,1-6H3;3-8,25H,2,9-10H2,1H3;2*9,11,13,15,21H,6-8,10,12,14,16H2,1-5H3/b28-15+,29-17+,30-21+;;2*18-11+,19-13+,20-15+/t41-;20-;;/m00../s1. The minimum atomic E-state index is -1.81. The number of hydrogen-bond acceptors (Lipinski definition) is 14. The number of benzene rings is 2. The van der Waals surface area contributed by atoms with Crippen molar-refractivity contribution in [3.8, 4) is 22.8 Å². The fourth-order valence-electron chi connectivity index (χ4n) is 14.7. The number of aliphatic hydroxyl groups is 3. The van der Waals surface area contributed by atoms with Gasteiger partial charge in [-0.1, -0.05) is 184 Å². The number of aliphatic hydroxyl groups excluding tert-OH is 2. The minimum Gasteiger partial charge on any atom is -0.458 e. The van der Waals surface area contributed by atoms with Gasteiger partial charge in [0.2, 0.25) is 5.60 Å². The van der Waals surface area contributed by atoms with Crippen molar-refractivity contribution in [1.82, 2.24) is 19.1 Å². The Balaban J connectivity index is 0.000000235. The Labute approximate surface area is 696 Å². The monoisotopic (exact) mass is 1590 g/mol. The van der Waals surface area contributed by atoms with E-state index in [-0.39, 0.29) is 57.0 Å². The Bertz CT molecular complexity index is 4910. The van der Waals surface area contributed by atoms with Crippen molar-refractivity contribution in [1.29, 1.82) is 0 Å². The first kappa shape index (κ1) is 94.3. The third kappa shape index (κ3) is 27.9. The number of rotatable bonds is 34. The van der Waals surface area contributed by atoms with Gasteiger partial charge in [0, 0.05) is 33.0 Å². The van der Waals surface area contributed by atoms with Gasteiger partial charge in [0.05, 0.1) is 71.2 Å². The van der Waals surface area contributed by atoms with Gasteiger partial charge in [-0.3, -0.25) is 9.59 Å². The van der Waals surface area contributed by atoms with Gasteiger partial charge in [0.1, 0.15) is 19.8 Å². The van der Waals surface area contributed by atoms with Crippen molar-refractivity contribution in [3.05, 3.63) is 267 Å². The number of ether oxygens (including phenoxy) is 4. The molecule has 0 aliphatic carbocycles. The number of cyclic esters (lactones) is 2. The summed E-state index contributed by atoms with van der Waals surface area (Å²) in [4.78, 5) is 74.8. The van der Waals surface area contributed by atoms with Gasteiger partial charge in [-0.15, -0.1) is 0 Å². The lowest BCUT2D eigenvalue weighted by atomic mass is 9.85. The fraction of sp³-hybridized carbons (Fsp3) is 0.455. The molecule has 117 heavy (non-hydrogen) atoms. The molecule has 4 aliphatic heterocycles. The largest absolute Gasteiger partial charge is 0.510 e. The normalized spacial score (nSPS) is 16.6. The van der Waals surface area contributed by atoms with Crippen molar-refractivity contribution in [3.63, 3.8) is 0 Å². The summed E-state index contributed by atoms with van der Waals surface area (Å²) in [6.45, 7) is 36.6. The molecule has 8 heterocycles. The van der Waals surface area contributed by atoms with Crippen molar-refractivity contribution < 1.29 is 48.7 Å². The molecule has 10 rings (SSSR count). The summed E-state index contributed by atoms with van der Waals surface area (Å²) < 4.78 is 25.0. The van der Waals surface area contributed by atoms with E-state index in [1.807, 2.05) is 85.8 Å². The molecule has 4 aliphatic rings. The maximum absolute atomic E-state index is 13.7. The molecule has 0 saturated heterocycles. The van der Waals surface area contributed by atoms with E-state index in [1.165, 1.54) is 74.1 Å². The van der Waals surface area contributed by atoms with Crippen LogP contribution in [0.1, 0.15) is 280 Å². The Hall–Kier alpha value is -9.87. The lowest BCUT2D eigenvalue weighted by Crippen LogP contribution is -2.47. The summed E-state index contributed by atoms with van der Waals surface area (Å²) in [6, 6.07) is 23.1. The van der Waals surface area contributed by atoms with Crippen LogP contribution in [0.25, 0.3) is 44.6 Å². The molecule has 0 fully saturated rings. The van der Waals surface area contributed by atoms with Crippen molar-refractivity contribution in [2.45, 2.75) is 284 Å². The van der Waals surface area contributed by atoms with Crippen molar-refractivity contribution in [2.24, 2.45) is 0 Å². The number of allylic oxidation sites excluding steroid dienone is 21. The zero-order chi connectivity index (χ0) is 85.4. The highest BCUT2D eigenvalue weighted by atomic mass is 16.7. The van der Waals surface area contributed by atoms with E-state index in [4.69, 9.17) is 39.1 Å². The second-order valence-electron chi connectivity index (χ2n) is 32.7. The number of carbonyl (C=O) groups excluding carboxylic acids is 3. The number of para-hydroxylation sites is 2. The third-order valence-electron chi connectivity index (χ3n) is 22.0. The van der Waals surface area contributed by atoms with Crippen LogP contribution in [0.5, 0.6) is 0 Å². The molecule has 628 valence electrons. The summed E-state index contributed by atoms with van der Waals surface area (Å²) in [5.41, 5.74) is 19.9. The first-order valence-electron chi connectivity index (χ1n) is 42.2. The van der Waals surface area contributed by atoms with Crippen LogP contribution < -0.4 is 11.1 Å². The van der Waals surface area contributed by atoms with Crippen molar-refractivity contribution >= 4 is 39.9 Å². The Morgan fingerprint density at radius 3 is 1.10 bits per heavy atom. The molecule has 16 nitrogen and oxygen atoms in total. The third-order valence-corrected chi connectivity index (χ3v) is 22.0. The molecule has 2 atom stereocenters. The van der Waals surface area contributed by atoms with E-state index in [2.05, 4.69) is 152 Å². The van der Waals surface area contributed by atoms with E-state index in [0.29, 0.717) is 52.4 Å². The zero-order valence-corrected chi connectivity index (χ0v) is 73.3. The molecule has 6 aromatic rings. The topological polar surface area (TPSA) is 219 Å². The number of pyridine rings is 4. The van der Waals surface area contributed by atoms with Crippen LogP contribution in [0.15, 0.2) is 222 Å². The van der Waals surface area contributed by atoms with E-state index < -0.39 is 29.3 Å². The van der Waals surface area contributed by atoms with E-state index in [1.54, 1.807) is 35.1 Å². The summed E-state index contributed by atoms with van der Waals surface area (Å²) in [6.07, 6.45) is 45.4. The SMILES string of the molecule is CC(C)=CCC/C(C)=C/CC/C(C)=C/CC/C(C)=C/CO.CC(C)=CCC/C(C)=C/CC/C(C)=C/CC/C(C)=C/CO.CC[C@@]1(O)C(=O)OCc2c1cc1n(c2=O)Cc2cc3ccccc3nc2-1.CC[C@@]1(OC(=O)OC/C=C(\C)CC/C=C(\C)CC/C=C(\C)CCC=C(C)C)C(=O)OCc2c1cc1n(c2=O)Cc2cc3ccccc3nc2-1. The highest BCUT2D eigenvalue weighted by Gasteiger charge is 2.51. The molecule has 0 saturated carbocycles. The molecule has 0 unspecified atom stereocenters. The Morgan fingerprint density at radius 1 is 0.427 bits per heavy atom. The van der Waals surface area contributed by atoms with Gasteiger partial charge in [-0.25, -0.2) is 24.4 Å². The fourth-order valence-corrected chi connectivity index (χ4v) is 14.7. The smallest absolute Gasteiger partial charge is 0.458 e. The number of aromatic nitrogens is 4. The van der Waals surface area contributed by atoms with Gasteiger partial charge in [0.15, 0.2) is 5.60 Å². The highest BCUT2D eigenvalue weighted by molar-refractivity contribution is 5.89. The van der Waals surface area contributed by atoms with Crippen LogP contribution in [-0.2, 0) is 66.0 Å². The maximum atomic E-state index is 13.7. The van der Waals surface area contributed by atoms with Crippen LogP contribution in [0.2, 0.25) is 0 Å². The summed E-state index contributed by atoms with van der Waals surface area (Å²) >= 11 is 0. The average molecular weight is 1590 g/mol. The maximum Gasteiger partial charge on any atom is 0.510 e. The van der Waals surface area contributed by atoms with Crippen LogP contribution in [0.3, 0.4) is 0 Å². The lowest BCUT2D eigenvalue weighted by molar-refractivity contribution is -0.175. The molecule has 4 aromatic heterocycles. The molecular weight excluding hydrogens is 1460 g/mol.